The van der Waals surface area contributed by atoms with Crippen molar-refractivity contribution in [3.8, 4) is 5.75 Å². The van der Waals surface area contributed by atoms with Gasteiger partial charge in [-0.2, -0.15) is 0 Å². The fourth-order valence-corrected chi connectivity index (χ4v) is 2.74. The number of carbonyl (C=O) groups is 2. The van der Waals surface area contributed by atoms with Crippen molar-refractivity contribution in [2.75, 3.05) is 13.7 Å². The summed E-state index contributed by atoms with van der Waals surface area (Å²) in [6, 6.07) is 10.2. The second-order valence-electron chi connectivity index (χ2n) is 6.29. The standard InChI is InChI=1S/C21H24F2N2O3/c1-3-19(14-6-9-16(28-2)10-7-14)25-20(26)5-4-12-24-21(27)17-11-8-15(22)13-18(17)23/h6-11,13,19H,3-5,12H2,1-2H3,(H,24,27)(H,25,26). The van der Waals surface area contributed by atoms with E-state index in [4.69, 9.17) is 4.74 Å². The van der Waals surface area contributed by atoms with Crippen LogP contribution in [0.2, 0.25) is 0 Å². The van der Waals surface area contributed by atoms with Crippen LogP contribution in [0.15, 0.2) is 42.5 Å². The molecule has 1 unspecified atom stereocenters. The topological polar surface area (TPSA) is 67.4 Å². The van der Waals surface area contributed by atoms with E-state index in [0.29, 0.717) is 12.5 Å². The van der Waals surface area contributed by atoms with E-state index in [-0.39, 0.29) is 30.5 Å². The zero-order chi connectivity index (χ0) is 20.5. The molecule has 0 saturated carbocycles. The van der Waals surface area contributed by atoms with Gasteiger partial charge in [0.2, 0.25) is 5.91 Å². The van der Waals surface area contributed by atoms with Crippen molar-refractivity contribution in [1.29, 1.82) is 0 Å². The van der Waals surface area contributed by atoms with E-state index in [9.17, 15) is 18.4 Å². The molecular formula is C21H24F2N2O3. The Morgan fingerprint density at radius 1 is 1.11 bits per heavy atom. The first-order chi connectivity index (χ1) is 13.4. The Hall–Kier alpha value is -2.96. The van der Waals surface area contributed by atoms with E-state index >= 15 is 0 Å². The van der Waals surface area contributed by atoms with Gasteiger partial charge in [0.25, 0.3) is 5.91 Å². The summed E-state index contributed by atoms with van der Waals surface area (Å²) >= 11 is 0. The molecule has 7 heteroatoms. The first-order valence-corrected chi connectivity index (χ1v) is 9.11. The van der Waals surface area contributed by atoms with Gasteiger partial charge < -0.3 is 15.4 Å². The highest BCUT2D eigenvalue weighted by Gasteiger charge is 2.14. The molecular weight excluding hydrogens is 366 g/mol. The predicted molar refractivity (Wildman–Crippen MR) is 102 cm³/mol. The number of methoxy groups -OCH3 is 1. The molecule has 0 aromatic heterocycles. The monoisotopic (exact) mass is 390 g/mol. The number of ether oxygens (including phenoxy) is 1. The van der Waals surface area contributed by atoms with Gasteiger partial charge in [0.15, 0.2) is 0 Å². The van der Waals surface area contributed by atoms with Crippen LogP contribution in [0.25, 0.3) is 0 Å². The second kappa shape index (κ2) is 10.4. The highest BCUT2D eigenvalue weighted by atomic mass is 19.1. The number of halogens is 2. The van der Waals surface area contributed by atoms with Gasteiger partial charge in [-0.1, -0.05) is 19.1 Å². The SMILES string of the molecule is CCC(NC(=O)CCCNC(=O)c1ccc(F)cc1F)c1ccc(OC)cc1. The molecule has 2 N–H and O–H groups in total. The molecule has 2 amide bonds. The summed E-state index contributed by atoms with van der Waals surface area (Å²) in [4.78, 5) is 24.1. The molecule has 0 spiro atoms. The molecule has 0 aliphatic rings. The Labute approximate surface area is 163 Å². The van der Waals surface area contributed by atoms with Crippen LogP contribution >= 0.6 is 0 Å². The average molecular weight is 390 g/mol. The minimum absolute atomic E-state index is 0.110. The maximum Gasteiger partial charge on any atom is 0.254 e. The zero-order valence-corrected chi connectivity index (χ0v) is 15.9. The molecule has 0 heterocycles. The highest BCUT2D eigenvalue weighted by Crippen LogP contribution is 2.20. The van der Waals surface area contributed by atoms with E-state index in [2.05, 4.69) is 10.6 Å². The fourth-order valence-electron chi connectivity index (χ4n) is 2.74. The third-order valence-corrected chi connectivity index (χ3v) is 4.30. The average Bonchev–Trinajstić information content (AvgIpc) is 2.69. The third kappa shape index (κ3) is 6.04. The Morgan fingerprint density at radius 3 is 2.43 bits per heavy atom. The summed E-state index contributed by atoms with van der Waals surface area (Å²) in [5.74, 6) is -1.68. The van der Waals surface area contributed by atoms with Crippen molar-refractivity contribution in [3.05, 3.63) is 65.2 Å². The molecule has 5 nitrogen and oxygen atoms in total. The maximum absolute atomic E-state index is 13.6. The zero-order valence-electron chi connectivity index (χ0n) is 15.9. The first kappa shape index (κ1) is 21.3. The summed E-state index contributed by atoms with van der Waals surface area (Å²) in [6.07, 6.45) is 1.36. The van der Waals surface area contributed by atoms with Gasteiger partial charge in [0.1, 0.15) is 17.4 Å². The van der Waals surface area contributed by atoms with E-state index in [1.807, 2.05) is 31.2 Å². The van der Waals surface area contributed by atoms with Crippen LogP contribution in [0.4, 0.5) is 8.78 Å². The molecule has 2 rings (SSSR count). The smallest absolute Gasteiger partial charge is 0.254 e. The second-order valence-corrected chi connectivity index (χ2v) is 6.29. The summed E-state index contributed by atoms with van der Waals surface area (Å²) < 4.78 is 31.6. The fraction of sp³-hybridized carbons (Fsp3) is 0.333. The summed E-state index contributed by atoms with van der Waals surface area (Å²) in [5.41, 5.74) is 0.758. The Bertz CT molecular complexity index is 810. The van der Waals surface area contributed by atoms with Crippen molar-refractivity contribution >= 4 is 11.8 Å². The lowest BCUT2D eigenvalue weighted by Crippen LogP contribution is -2.30. The van der Waals surface area contributed by atoms with Crippen molar-refractivity contribution in [3.63, 3.8) is 0 Å². The summed E-state index contributed by atoms with van der Waals surface area (Å²) in [7, 11) is 1.59. The molecule has 0 bridgehead atoms. The van der Waals surface area contributed by atoms with Crippen LogP contribution in [0.3, 0.4) is 0 Å². The first-order valence-electron chi connectivity index (χ1n) is 9.11. The number of hydrogen-bond acceptors (Lipinski definition) is 3. The number of carbonyl (C=O) groups excluding carboxylic acids is 2. The lowest BCUT2D eigenvalue weighted by molar-refractivity contribution is -0.122. The molecule has 0 radical (unpaired) electrons. The van der Waals surface area contributed by atoms with Crippen LogP contribution in [0.1, 0.15) is 48.1 Å². The van der Waals surface area contributed by atoms with Crippen molar-refractivity contribution in [1.82, 2.24) is 10.6 Å². The third-order valence-electron chi connectivity index (χ3n) is 4.30. The van der Waals surface area contributed by atoms with Crippen LogP contribution in [0.5, 0.6) is 5.75 Å². The summed E-state index contributed by atoms with van der Waals surface area (Å²) in [6.45, 7) is 2.19. The van der Waals surface area contributed by atoms with Crippen molar-refractivity contribution in [2.45, 2.75) is 32.2 Å². The van der Waals surface area contributed by atoms with E-state index in [0.717, 1.165) is 29.9 Å². The highest BCUT2D eigenvalue weighted by molar-refractivity contribution is 5.94. The van der Waals surface area contributed by atoms with Gasteiger partial charge in [-0.05, 0) is 42.7 Å². The molecule has 0 aliphatic heterocycles. The van der Waals surface area contributed by atoms with Crippen LogP contribution in [-0.2, 0) is 4.79 Å². The molecule has 28 heavy (non-hydrogen) atoms. The number of nitrogens with one attached hydrogen (secondary N) is 2. The normalized spacial score (nSPS) is 11.6. The number of benzene rings is 2. The van der Waals surface area contributed by atoms with Gasteiger partial charge in [-0.15, -0.1) is 0 Å². The van der Waals surface area contributed by atoms with Gasteiger partial charge >= 0.3 is 0 Å². The number of rotatable bonds is 9. The van der Waals surface area contributed by atoms with Crippen LogP contribution < -0.4 is 15.4 Å². The van der Waals surface area contributed by atoms with E-state index in [1.54, 1.807) is 7.11 Å². The van der Waals surface area contributed by atoms with Gasteiger partial charge in [-0.25, -0.2) is 8.78 Å². The number of hydrogen-bond donors (Lipinski definition) is 2. The molecule has 2 aromatic carbocycles. The van der Waals surface area contributed by atoms with Gasteiger partial charge in [-0.3, -0.25) is 9.59 Å². The molecule has 0 saturated heterocycles. The maximum atomic E-state index is 13.6. The predicted octanol–water partition coefficient (Wildman–Crippen LogP) is 3.75. The van der Waals surface area contributed by atoms with Gasteiger partial charge in [0.05, 0.1) is 18.7 Å². The Morgan fingerprint density at radius 2 is 1.82 bits per heavy atom. The lowest BCUT2D eigenvalue weighted by atomic mass is 10.0. The summed E-state index contributed by atoms with van der Waals surface area (Å²) in [5, 5.41) is 5.49. The van der Waals surface area contributed by atoms with Crippen molar-refractivity contribution < 1.29 is 23.1 Å². The quantitative estimate of drug-likeness (QED) is 0.641. The minimum Gasteiger partial charge on any atom is -0.497 e. The van der Waals surface area contributed by atoms with Crippen LogP contribution in [0, 0.1) is 11.6 Å². The lowest BCUT2D eigenvalue weighted by Gasteiger charge is -2.18. The Balaban J connectivity index is 1.77. The van der Waals surface area contributed by atoms with E-state index in [1.165, 1.54) is 0 Å². The molecule has 0 aliphatic carbocycles. The largest absolute Gasteiger partial charge is 0.497 e. The molecule has 1 atom stereocenters. The molecule has 2 aromatic rings. The molecule has 0 fully saturated rings. The molecule has 150 valence electrons. The Kier molecular flexibility index (Phi) is 7.92. The van der Waals surface area contributed by atoms with Crippen molar-refractivity contribution in [2.24, 2.45) is 0 Å². The van der Waals surface area contributed by atoms with Gasteiger partial charge in [0, 0.05) is 19.0 Å². The minimum atomic E-state index is -0.916. The van der Waals surface area contributed by atoms with Crippen LogP contribution in [-0.4, -0.2) is 25.5 Å². The van der Waals surface area contributed by atoms with E-state index < -0.39 is 17.5 Å². The number of amides is 2.